The van der Waals surface area contributed by atoms with E-state index < -0.39 is 0 Å². The quantitative estimate of drug-likeness (QED) is 0.762. The van der Waals surface area contributed by atoms with Crippen molar-refractivity contribution >= 4 is 11.7 Å². The van der Waals surface area contributed by atoms with E-state index in [0.717, 1.165) is 5.56 Å². The number of Topliss-reactive ketones (excluding diaryl/α,β-unsaturated/α-hetero) is 1. The molecule has 0 bridgehead atoms. The number of aliphatic imine (C=N–C) groups is 1. The summed E-state index contributed by atoms with van der Waals surface area (Å²) in [5, 5.41) is 0. The van der Waals surface area contributed by atoms with E-state index in [9.17, 15) is 4.79 Å². The Labute approximate surface area is 112 Å². The molecule has 1 heterocycles. The minimum Gasteiger partial charge on any atom is -0.496 e. The van der Waals surface area contributed by atoms with Crippen molar-refractivity contribution in [3.63, 3.8) is 0 Å². The third kappa shape index (κ3) is 2.86. The molecule has 0 aliphatic carbocycles. The van der Waals surface area contributed by atoms with E-state index in [1.807, 2.05) is 6.92 Å². The van der Waals surface area contributed by atoms with Crippen molar-refractivity contribution in [3.8, 4) is 11.5 Å². The Balaban J connectivity index is 2.28. The normalized spacial score (nSPS) is 13.7. The molecule has 0 fully saturated rings. The van der Waals surface area contributed by atoms with Crippen LogP contribution in [0, 0.1) is 6.92 Å². The van der Waals surface area contributed by atoms with Gasteiger partial charge in [0, 0.05) is 0 Å². The number of hydrogen-bond acceptors (Lipinski definition) is 5. The zero-order chi connectivity index (χ0) is 13.8. The lowest BCUT2D eigenvalue weighted by atomic mass is 10.0. The molecule has 0 saturated carbocycles. The Bertz CT molecular complexity index is 522. The summed E-state index contributed by atoms with van der Waals surface area (Å²) < 4.78 is 15.7. The number of ketones is 1. The van der Waals surface area contributed by atoms with Gasteiger partial charge in [-0.2, -0.15) is 0 Å². The first-order valence-corrected chi connectivity index (χ1v) is 6.07. The van der Waals surface area contributed by atoms with E-state index in [1.54, 1.807) is 26.4 Å². The summed E-state index contributed by atoms with van der Waals surface area (Å²) in [6.45, 7) is 3.08. The largest absolute Gasteiger partial charge is 0.496 e. The summed E-state index contributed by atoms with van der Waals surface area (Å²) in [5.41, 5.74) is 1.41. The van der Waals surface area contributed by atoms with Gasteiger partial charge >= 0.3 is 0 Å². The predicted molar refractivity (Wildman–Crippen MR) is 71.5 cm³/mol. The molecule has 0 aromatic heterocycles. The van der Waals surface area contributed by atoms with Crippen LogP contribution in [0.1, 0.15) is 22.3 Å². The molecule has 1 aliphatic heterocycles. The Morgan fingerprint density at radius 1 is 1.32 bits per heavy atom. The van der Waals surface area contributed by atoms with E-state index in [4.69, 9.17) is 14.2 Å². The molecule has 5 nitrogen and oxygen atoms in total. The number of carbonyl (C=O) groups excluding carboxylic acids is 1. The molecule has 1 aliphatic rings. The van der Waals surface area contributed by atoms with Gasteiger partial charge in [0.2, 0.25) is 0 Å². The van der Waals surface area contributed by atoms with Crippen LogP contribution in [0.4, 0.5) is 0 Å². The zero-order valence-electron chi connectivity index (χ0n) is 11.4. The van der Waals surface area contributed by atoms with Crippen LogP contribution in [0.15, 0.2) is 17.1 Å². The molecule has 2 rings (SSSR count). The van der Waals surface area contributed by atoms with Gasteiger partial charge in [-0.15, -0.1) is 0 Å². The van der Waals surface area contributed by atoms with E-state index in [-0.39, 0.29) is 12.2 Å². The second kappa shape index (κ2) is 5.73. The average Bonchev–Trinajstić information content (AvgIpc) is 2.91. The highest BCUT2D eigenvalue weighted by atomic mass is 16.5. The van der Waals surface area contributed by atoms with Crippen molar-refractivity contribution in [2.75, 3.05) is 27.4 Å². The molecule has 1 aromatic rings. The first-order valence-electron chi connectivity index (χ1n) is 6.07. The highest BCUT2D eigenvalue weighted by Crippen LogP contribution is 2.29. The van der Waals surface area contributed by atoms with Crippen LogP contribution in [0.5, 0.6) is 11.5 Å². The fraction of sp³-hybridized carbons (Fsp3) is 0.429. The molecular formula is C14H17NO4. The van der Waals surface area contributed by atoms with Gasteiger partial charge in [-0.3, -0.25) is 9.79 Å². The maximum absolute atomic E-state index is 12.3. The van der Waals surface area contributed by atoms with Gasteiger partial charge in [-0.1, -0.05) is 0 Å². The second-order valence-electron chi connectivity index (χ2n) is 4.25. The number of nitrogens with zero attached hydrogens (tertiary/aromatic N) is 1. The highest BCUT2D eigenvalue weighted by molar-refractivity contribution is 6.09. The van der Waals surface area contributed by atoms with Crippen molar-refractivity contribution in [1.82, 2.24) is 0 Å². The standard InChI is InChI=1S/C14H17NO4/c1-9-6-13(18-3)10(7-12(9)17-2)11(16)8-14-15-4-5-19-14/h6-7H,4-5,8H2,1-3H3. The van der Waals surface area contributed by atoms with Gasteiger partial charge in [-0.25, -0.2) is 0 Å². The first kappa shape index (κ1) is 13.4. The van der Waals surface area contributed by atoms with Crippen LogP contribution in [0.2, 0.25) is 0 Å². The maximum Gasteiger partial charge on any atom is 0.191 e. The van der Waals surface area contributed by atoms with E-state index in [2.05, 4.69) is 4.99 Å². The van der Waals surface area contributed by atoms with Crippen LogP contribution in [-0.2, 0) is 4.74 Å². The van der Waals surface area contributed by atoms with Crippen LogP contribution in [-0.4, -0.2) is 39.1 Å². The van der Waals surface area contributed by atoms with Crippen molar-refractivity contribution in [3.05, 3.63) is 23.3 Å². The Kier molecular flexibility index (Phi) is 4.04. The van der Waals surface area contributed by atoms with E-state index in [1.165, 1.54) is 0 Å². The van der Waals surface area contributed by atoms with Crippen molar-refractivity contribution < 1.29 is 19.0 Å². The minimum absolute atomic E-state index is 0.0872. The number of ether oxygens (including phenoxy) is 3. The summed E-state index contributed by atoms with van der Waals surface area (Å²) >= 11 is 0. The van der Waals surface area contributed by atoms with Gasteiger partial charge in [0.25, 0.3) is 0 Å². The van der Waals surface area contributed by atoms with Crippen LogP contribution in [0.25, 0.3) is 0 Å². The lowest BCUT2D eigenvalue weighted by Gasteiger charge is -2.12. The smallest absolute Gasteiger partial charge is 0.191 e. The summed E-state index contributed by atoms with van der Waals surface area (Å²) in [4.78, 5) is 16.4. The summed E-state index contributed by atoms with van der Waals surface area (Å²) in [6, 6.07) is 3.50. The highest BCUT2D eigenvalue weighted by Gasteiger charge is 2.19. The van der Waals surface area contributed by atoms with E-state index in [0.29, 0.717) is 36.1 Å². The molecule has 0 unspecified atom stereocenters. The first-order chi connectivity index (χ1) is 9.15. The van der Waals surface area contributed by atoms with Crippen molar-refractivity contribution in [1.29, 1.82) is 0 Å². The Hall–Kier alpha value is -2.04. The lowest BCUT2D eigenvalue weighted by molar-refractivity contribution is 0.0991. The zero-order valence-corrected chi connectivity index (χ0v) is 11.4. The number of hydrogen-bond donors (Lipinski definition) is 0. The molecule has 102 valence electrons. The summed E-state index contributed by atoms with van der Waals surface area (Å²) in [6.07, 6.45) is 0.155. The monoisotopic (exact) mass is 263 g/mol. The molecule has 19 heavy (non-hydrogen) atoms. The molecule has 0 atom stereocenters. The topological polar surface area (TPSA) is 57.1 Å². The van der Waals surface area contributed by atoms with Gasteiger partial charge in [0.15, 0.2) is 11.7 Å². The molecule has 0 N–H and O–H groups in total. The maximum atomic E-state index is 12.3. The average molecular weight is 263 g/mol. The molecule has 0 amide bonds. The molecule has 0 spiro atoms. The number of carbonyl (C=O) groups is 1. The predicted octanol–water partition coefficient (Wildman–Crippen LogP) is 2.01. The van der Waals surface area contributed by atoms with Gasteiger partial charge in [0.05, 0.1) is 32.7 Å². The molecule has 1 aromatic carbocycles. The molecule has 0 radical (unpaired) electrons. The number of aryl methyl sites for hydroxylation is 1. The third-order valence-electron chi connectivity index (χ3n) is 2.98. The van der Waals surface area contributed by atoms with Crippen molar-refractivity contribution in [2.24, 2.45) is 4.99 Å². The van der Waals surface area contributed by atoms with Gasteiger partial charge < -0.3 is 14.2 Å². The van der Waals surface area contributed by atoms with Crippen molar-refractivity contribution in [2.45, 2.75) is 13.3 Å². The molecule has 5 heteroatoms. The molecular weight excluding hydrogens is 246 g/mol. The summed E-state index contributed by atoms with van der Waals surface area (Å²) in [7, 11) is 3.12. The van der Waals surface area contributed by atoms with Crippen LogP contribution in [0.3, 0.4) is 0 Å². The van der Waals surface area contributed by atoms with E-state index >= 15 is 0 Å². The van der Waals surface area contributed by atoms with Crippen LogP contribution < -0.4 is 9.47 Å². The van der Waals surface area contributed by atoms with Gasteiger partial charge in [0.1, 0.15) is 18.1 Å². The molecule has 0 saturated heterocycles. The second-order valence-corrected chi connectivity index (χ2v) is 4.25. The van der Waals surface area contributed by atoms with Gasteiger partial charge in [-0.05, 0) is 24.6 Å². The number of rotatable bonds is 5. The lowest BCUT2D eigenvalue weighted by Crippen LogP contribution is -2.10. The number of benzene rings is 1. The fourth-order valence-electron chi connectivity index (χ4n) is 1.99. The Morgan fingerprint density at radius 2 is 2.05 bits per heavy atom. The number of methoxy groups -OCH3 is 2. The Morgan fingerprint density at radius 3 is 2.63 bits per heavy atom. The fourth-order valence-corrected chi connectivity index (χ4v) is 1.99. The minimum atomic E-state index is -0.0872. The SMILES string of the molecule is COc1cc(C(=O)CC2=NCCO2)c(OC)cc1C. The van der Waals surface area contributed by atoms with Crippen LogP contribution >= 0.6 is 0 Å². The summed E-state index contributed by atoms with van der Waals surface area (Å²) in [5.74, 6) is 1.61. The third-order valence-corrected chi connectivity index (χ3v) is 2.98.